The van der Waals surface area contributed by atoms with Crippen molar-refractivity contribution in [2.45, 2.75) is 39.5 Å². The number of rotatable bonds is 5. The van der Waals surface area contributed by atoms with Gasteiger partial charge in [-0.2, -0.15) is 0 Å². The zero-order chi connectivity index (χ0) is 14.5. The quantitative estimate of drug-likeness (QED) is 0.809. The van der Waals surface area contributed by atoms with Crippen LogP contribution in [0.2, 0.25) is 0 Å². The monoisotopic (exact) mass is 277 g/mol. The SMILES string of the molecule is CCC1CCC(=O)C(CN(CC)c2cccc(F)c2)C1. The summed E-state index contributed by atoms with van der Waals surface area (Å²) in [6, 6.07) is 6.65. The number of carbonyl (C=O) groups is 1. The van der Waals surface area contributed by atoms with Crippen LogP contribution in [0.5, 0.6) is 0 Å². The van der Waals surface area contributed by atoms with Crippen molar-refractivity contribution < 1.29 is 9.18 Å². The predicted octanol–water partition coefficient (Wildman–Crippen LogP) is 4.05. The van der Waals surface area contributed by atoms with Gasteiger partial charge in [0.1, 0.15) is 11.6 Å². The third kappa shape index (κ3) is 3.59. The zero-order valence-corrected chi connectivity index (χ0v) is 12.4. The number of anilines is 1. The van der Waals surface area contributed by atoms with E-state index in [1.54, 1.807) is 12.1 Å². The molecule has 0 radical (unpaired) electrons. The van der Waals surface area contributed by atoms with Gasteiger partial charge in [-0.15, -0.1) is 0 Å². The molecule has 1 aromatic carbocycles. The Morgan fingerprint density at radius 1 is 1.35 bits per heavy atom. The lowest BCUT2D eigenvalue weighted by molar-refractivity contribution is -0.125. The number of halogens is 1. The van der Waals surface area contributed by atoms with Gasteiger partial charge < -0.3 is 4.90 Å². The second kappa shape index (κ2) is 6.87. The molecule has 0 spiro atoms. The number of Topliss-reactive ketones (excluding diaryl/α,β-unsaturated/α-hetero) is 1. The summed E-state index contributed by atoms with van der Waals surface area (Å²) in [4.78, 5) is 14.2. The summed E-state index contributed by atoms with van der Waals surface area (Å²) in [5.41, 5.74) is 0.874. The zero-order valence-electron chi connectivity index (χ0n) is 12.4. The van der Waals surface area contributed by atoms with Crippen LogP contribution >= 0.6 is 0 Å². The minimum Gasteiger partial charge on any atom is -0.371 e. The van der Waals surface area contributed by atoms with E-state index in [0.717, 1.165) is 38.0 Å². The molecule has 1 aromatic rings. The molecule has 0 aliphatic heterocycles. The molecule has 1 aliphatic carbocycles. The fourth-order valence-electron chi connectivity index (χ4n) is 3.11. The molecule has 0 N–H and O–H groups in total. The smallest absolute Gasteiger partial charge is 0.137 e. The fourth-order valence-corrected chi connectivity index (χ4v) is 3.11. The number of carbonyl (C=O) groups excluding carboxylic acids is 1. The van der Waals surface area contributed by atoms with Crippen LogP contribution in [0.15, 0.2) is 24.3 Å². The first-order valence-corrected chi connectivity index (χ1v) is 7.67. The summed E-state index contributed by atoms with van der Waals surface area (Å²) >= 11 is 0. The van der Waals surface area contributed by atoms with Crippen molar-refractivity contribution in [2.75, 3.05) is 18.0 Å². The van der Waals surface area contributed by atoms with Crippen molar-refractivity contribution >= 4 is 11.5 Å². The Kier molecular flexibility index (Phi) is 5.16. The maximum Gasteiger partial charge on any atom is 0.137 e. The molecular weight excluding hydrogens is 253 g/mol. The molecule has 2 rings (SSSR count). The molecule has 110 valence electrons. The maximum absolute atomic E-state index is 13.3. The molecule has 0 amide bonds. The molecule has 2 nitrogen and oxygen atoms in total. The molecule has 0 bridgehead atoms. The molecular formula is C17H24FNO. The van der Waals surface area contributed by atoms with Crippen LogP contribution in [0.1, 0.15) is 39.5 Å². The standard InChI is InChI=1S/C17H24FNO/c1-3-13-8-9-17(20)14(10-13)12-19(4-2)16-7-5-6-15(18)11-16/h5-7,11,13-14H,3-4,8-10,12H2,1-2H3. The van der Waals surface area contributed by atoms with E-state index < -0.39 is 0 Å². The Morgan fingerprint density at radius 3 is 2.80 bits per heavy atom. The Morgan fingerprint density at radius 2 is 2.15 bits per heavy atom. The van der Waals surface area contributed by atoms with E-state index in [4.69, 9.17) is 0 Å². The summed E-state index contributed by atoms with van der Waals surface area (Å²) in [6.07, 6.45) is 3.89. The van der Waals surface area contributed by atoms with E-state index in [9.17, 15) is 9.18 Å². The molecule has 20 heavy (non-hydrogen) atoms. The van der Waals surface area contributed by atoms with Crippen molar-refractivity contribution in [3.63, 3.8) is 0 Å². The van der Waals surface area contributed by atoms with E-state index in [-0.39, 0.29) is 11.7 Å². The molecule has 0 aromatic heterocycles. The lowest BCUT2D eigenvalue weighted by atomic mass is 9.79. The molecule has 3 heteroatoms. The highest BCUT2D eigenvalue weighted by atomic mass is 19.1. The Balaban J connectivity index is 2.07. The van der Waals surface area contributed by atoms with Crippen LogP contribution in [-0.2, 0) is 4.79 Å². The molecule has 1 saturated carbocycles. The van der Waals surface area contributed by atoms with E-state index in [0.29, 0.717) is 18.1 Å². The first-order chi connectivity index (χ1) is 9.63. The Hall–Kier alpha value is -1.38. The highest BCUT2D eigenvalue weighted by molar-refractivity contribution is 5.82. The summed E-state index contributed by atoms with van der Waals surface area (Å²) in [7, 11) is 0. The highest BCUT2D eigenvalue weighted by Crippen LogP contribution is 2.30. The lowest BCUT2D eigenvalue weighted by Crippen LogP contribution is -2.36. The van der Waals surface area contributed by atoms with Gasteiger partial charge in [0.15, 0.2) is 0 Å². The van der Waals surface area contributed by atoms with E-state index >= 15 is 0 Å². The third-order valence-corrected chi connectivity index (χ3v) is 4.45. The Bertz CT molecular complexity index is 460. The molecule has 0 saturated heterocycles. The van der Waals surface area contributed by atoms with Crippen molar-refractivity contribution in [3.8, 4) is 0 Å². The molecule has 2 unspecified atom stereocenters. The minimum absolute atomic E-state index is 0.108. The van der Waals surface area contributed by atoms with Crippen LogP contribution in [0.3, 0.4) is 0 Å². The van der Waals surface area contributed by atoms with E-state index in [1.807, 2.05) is 6.07 Å². The topological polar surface area (TPSA) is 20.3 Å². The fraction of sp³-hybridized carbons (Fsp3) is 0.588. The van der Waals surface area contributed by atoms with E-state index in [1.165, 1.54) is 6.07 Å². The predicted molar refractivity (Wildman–Crippen MR) is 80.4 cm³/mol. The average Bonchev–Trinajstić information content (AvgIpc) is 2.46. The summed E-state index contributed by atoms with van der Waals surface area (Å²) in [5, 5.41) is 0. The van der Waals surface area contributed by atoms with Gasteiger partial charge in [-0.3, -0.25) is 4.79 Å². The molecule has 2 atom stereocenters. The second-order valence-electron chi connectivity index (χ2n) is 5.73. The van der Waals surface area contributed by atoms with Gasteiger partial charge in [-0.1, -0.05) is 19.4 Å². The van der Waals surface area contributed by atoms with Gasteiger partial charge in [0.2, 0.25) is 0 Å². The van der Waals surface area contributed by atoms with Crippen LogP contribution < -0.4 is 4.90 Å². The van der Waals surface area contributed by atoms with Gasteiger partial charge in [0.05, 0.1) is 0 Å². The number of hydrogen-bond acceptors (Lipinski definition) is 2. The van der Waals surface area contributed by atoms with Gasteiger partial charge in [-0.05, 0) is 43.9 Å². The maximum atomic E-state index is 13.3. The molecule has 1 aliphatic rings. The van der Waals surface area contributed by atoms with Crippen molar-refractivity contribution in [1.82, 2.24) is 0 Å². The second-order valence-corrected chi connectivity index (χ2v) is 5.73. The highest BCUT2D eigenvalue weighted by Gasteiger charge is 2.29. The van der Waals surface area contributed by atoms with Gasteiger partial charge in [0, 0.05) is 31.1 Å². The summed E-state index contributed by atoms with van der Waals surface area (Å²) < 4.78 is 13.3. The van der Waals surface area contributed by atoms with E-state index in [2.05, 4.69) is 18.7 Å². The number of benzene rings is 1. The third-order valence-electron chi connectivity index (χ3n) is 4.45. The minimum atomic E-state index is -0.220. The summed E-state index contributed by atoms with van der Waals surface area (Å²) in [6.45, 7) is 5.76. The molecule has 1 fully saturated rings. The van der Waals surface area contributed by atoms with Crippen LogP contribution in [0, 0.1) is 17.7 Å². The number of hydrogen-bond donors (Lipinski definition) is 0. The molecule has 0 heterocycles. The van der Waals surface area contributed by atoms with Gasteiger partial charge >= 0.3 is 0 Å². The lowest BCUT2D eigenvalue weighted by Gasteiger charge is -2.32. The van der Waals surface area contributed by atoms with Crippen molar-refractivity contribution in [1.29, 1.82) is 0 Å². The van der Waals surface area contributed by atoms with Gasteiger partial charge in [0.25, 0.3) is 0 Å². The van der Waals surface area contributed by atoms with Crippen LogP contribution in [0.25, 0.3) is 0 Å². The first kappa shape index (κ1) is 15.0. The normalized spacial score (nSPS) is 22.9. The van der Waals surface area contributed by atoms with Gasteiger partial charge in [-0.25, -0.2) is 4.39 Å². The van der Waals surface area contributed by atoms with Crippen LogP contribution in [0.4, 0.5) is 10.1 Å². The Labute approximate surface area is 121 Å². The van der Waals surface area contributed by atoms with Crippen molar-refractivity contribution in [3.05, 3.63) is 30.1 Å². The largest absolute Gasteiger partial charge is 0.371 e. The summed E-state index contributed by atoms with van der Waals surface area (Å²) in [5.74, 6) is 0.938. The van der Waals surface area contributed by atoms with Crippen LogP contribution in [-0.4, -0.2) is 18.9 Å². The average molecular weight is 277 g/mol. The first-order valence-electron chi connectivity index (χ1n) is 7.67. The number of ketones is 1. The number of nitrogens with zero attached hydrogens (tertiary/aromatic N) is 1. The van der Waals surface area contributed by atoms with Crippen molar-refractivity contribution in [2.24, 2.45) is 11.8 Å².